The fourth-order valence-electron chi connectivity index (χ4n) is 3.03. The predicted octanol–water partition coefficient (Wildman–Crippen LogP) is 5.30. The second-order valence-electron chi connectivity index (χ2n) is 7.16. The van der Waals surface area contributed by atoms with Crippen LogP contribution in [-0.2, 0) is 16.6 Å². The van der Waals surface area contributed by atoms with E-state index >= 15 is 0 Å². The average molecular weight is 554 g/mol. The molecular weight excluding hydrogens is 528 g/mol. The van der Waals surface area contributed by atoms with Gasteiger partial charge in [0.05, 0.1) is 17.9 Å². The standard InChI is InChI=1S/C22H25BrN4O4S2/c1-6-30-21(29)18-12(2)14(4)33-20(18)24-17(28)11-32-22-26-25-19(27(22)5)13(3)31-16-9-7-15(23)8-10-16/h7-10,13H,6,11H2,1-5H3,(H,24,28). The Morgan fingerprint density at radius 2 is 1.94 bits per heavy atom. The zero-order chi connectivity index (χ0) is 24.1. The maximum Gasteiger partial charge on any atom is 0.341 e. The summed E-state index contributed by atoms with van der Waals surface area (Å²) in [4.78, 5) is 25.9. The molecule has 33 heavy (non-hydrogen) atoms. The van der Waals surface area contributed by atoms with Gasteiger partial charge in [-0.1, -0.05) is 27.7 Å². The number of amides is 1. The molecule has 1 aromatic carbocycles. The molecule has 0 spiro atoms. The van der Waals surface area contributed by atoms with Crippen LogP contribution in [0.25, 0.3) is 0 Å². The van der Waals surface area contributed by atoms with Gasteiger partial charge < -0.3 is 19.4 Å². The molecule has 2 aromatic heterocycles. The van der Waals surface area contributed by atoms with E-state index in [1.807, 2.05) is 56.7 Å². The van der Waals surface area contributed by atoms with Gasteiger partial charge in [0.25, 0.3) is 0 Å². The Hall–Kier alpha value is -2.37. The largest absolute Gasteiger partial charge is 0.483 e. The lowest BCUT2D eigenvalue weighted by Gasteiger charge is -2.14. The van der Waals surface area contributed by atoms with E-state index in [0.29, 0.717) is 21.5 Å². The van der Waals surface area contributed by atoms with Gasteiger partial charge in [-0.2, -0.15) is 0 Å². The molecule has 0 radical (unpaired) electrons. The smallest absolute Gasteiger partial charge is 0.341 e. The van der Waals surface area contributed by atoms with E-state index in [-0.39, 0.29) is 24.4 Å². The van der Waals surface area contributed by atoms with Crippen LogP contribution in [-0.4, -0.2) is 39.0 Å². The summed E-state index contributed by atoms with van der Waals surface area (Å²) in [6.07, 6.45) is -0.323. The Morgan fingerprint density at radius 1 is 1.24 bits per heavy atom. The van der Waals surface area contributed by atoms with Crippen molar-refractivity contribution in [3.05, 3.63) is 50.6 Å². The zero-order valence-electron chi connectivity index (χ0n) is 19.0. The first-order chi connectivity index (χ1) is 15.7. The number of nitrogens with one attached hydrogen (secondary N) is 1. The van der Waals surface area contributed by atoms with E-state index in [9.17, 15) is 9.59 Å². The topological polar surface area (TPSA) is 95.3 Å². The van der Waals surface area contributed by atoms with Crippen molar-refractivity contribution >= 4 is 55.9 Å². The van der Waals surface area contributed by atoms with Crippen LogP contribution < -0.4 is 10.1 Å². The third-order valence-corrected chi connectivity index (χ3v) is 7.48. The number of ether oxygens (including phenoxy) is 2. The summed E-state index contributed by atoms with van der Waals surface area (Å²) in [7, 11) is 1.84. The van der Waals surface area contributed by atoms with Crippen molar-refractivity contribution in [2.75, 3.05) is 17.7 Å². The van der Waals surface area contributed by atoms with E-state index in [1.165, 1.54) is 23.1 Å². The lowest BCUT2D eigenvalue weighted by atomic mass is 10.1. The molecule has 3 rings (SSSR count). The molecule has 1 atom stereocenters. The highest BCUT2D eigenvalue weighted by Crippen LogP contribution is 2.33. The minimum Gasteiger partial charge on any atom is -0.483 e. The molecule has 0 aliphatic rings. The lowest BCUT2D eigenvalue weighted by Crippen LogP contribution is -2.17. The molecule has 0 saturated carbocycles. The van der Waals surface area contributed by atoms with Crippen molar-refractivity contribution < 1.29 is 19.1 Å². The van der Waals surface area contributed by atoms with E-state index in [0.717, 1.165) is 20.7 Å². The summed E-state index contributed by atoms with van der Waals surface area (Å²) in [5.74, 6) is 0.818. The summed E-state index contributed by atoms with van der Waals surface area (Å²) in [5, 5.41) is 12.4. The molecule has 0 aliphatic heterocycles. The molecule has 11 heteroatoms. The molecule has 1 N–H and O–H groups in total. The minimum absolute atomic E-state index is 0.117. The van der Waals surface area contributed by atoms with E-state index in [2.05, 4.69) is 31.4 Å². The molecule has 1 amide bonds. The first-order valence-corrected chi connectivity index (χ1v) is 12.8. The third kappa shape index (κ3) is 6.15. The highest BCUT2D eigenvalue weighted by Gasteiger charge is 2.23. The van der Waals surface area contributed by atoms with E-state index in [1.54, 1.807) is 6.92 Å². The van der Waals surface area contributed by atoms with Crippen LogP contribution in [0.5, 0.6) is 5.75 Å². The van der Waals surface area contributed by atoms with Gasteiger partial charge in [-0.15, -0.1) is 21.5 Å². The van der Waals surface area contributed by atoms with Crippen molar-refractivity contribution in [1.29, 1.82) is 0 Å². The number of aromatic nitrogens is 3. The van der Waals surface area contributed by atoms with Crippen LogP contribution >= 0.6 is 39.0 Å². The van der Waals surface area contributed by atoms with E-state index < -0.39 is 5.97 Å². The average Bonchev–Trinajstić information content (AvgIpc) is 3.27. The number of hydrogen-bond donors (Lipinski definition) is 1. The fourth-order valence-corrected chi connectivity index (χ4v) is 5.08. The molecule has 8 nitrogen and oxygen atoms in total. The monoisotopic (exact) mass is 552 g/mol. The highest BCUT2D eigenvalue weighted by molar-refractivity contribution is 9.10. The number of hydrogen-bond acceptors (Lipinski definition) is 8. The Balaban J connectivity index is 1.62. The molecular formula is C22H25BrN4O4S2. The highest BCUT2D eigenvalue weighted by atomic mass is 79.9. The molecule has 0 aliphatic carbocycles. The van der Waals surface area contributed by atoms with Gasteiger partial charge in [-0.3, -0.25) is 4.79 Å². The van der Waals surface area contributed by atoms with Crippen LogP contribution in [0.3, 0.4) is 0 Å². The summed E-state index contributed by atoms with van der Waals surface area (Å²) in [6.45, 7) is 7.68. The fraction of sp³-hybridized carbons (Fsp3) is 0.364. The minimum atomic E-state index is -0.431. The number of thioether (sulfide) groups is 1. The van der Waals surface area contributed by atoms with Crippen LogP contribution in [0.1, 0.15) is 46.6 Å². The molecule has 0 bridgehead atoms. The summed E-state index contributed by atoms with van der Waals surface area (Å²) < 4.78 is 13.9. The van der Waals surface area contributed by atoms with Crippen LogP contribution in [0, 0.1) is 13.8 Å². The molecule has 176 valence electrons. The van der Waals surface area contributed by atoms with Crippen LogP contribution in [0.2, 0.25) is 0 Å². The van der Waals surface area contributed by atoms with Crippen LogP contribution in [0.4, 0.5) is 5.00 Å². The second kappa shape index (κ2) is 11.2. The van der Waals surface area contributed by atoms with Gasteiger partial charge in [-0.05, 0) is 57.5 Å². The number of aryl methyl sites for hydroxylation is 1. The number of carbonyl (C=O) groups is 2. The maximum absolute atomic E-state index is 12.6. The number of carbonyl (C=O) groups excluding carboxylic acids is 2. The van der Waals surface area contributed by atoms with Gasteiger partial charge in [0, 0.05) is 16.4 Å². The molecule has 0 saturated heterocycles. The quantitative estimate of drug-likeness (QED) is 0.284. The number of esters is 1. The van der Waals surface area contributed by atoms with Gasteiger partial charge in [0.2, 0.25) is 5.91 Å². The van der Waals surface area contributed by atoms with Crippen molar-refractivity contribution in [3.8, 4) is 5.75 Å². The number of thiophene rings is 1. The molecule has 1 unspecified atom stereocenters. The predicted molar refractivity (Wildman–Crippen MR) is 133 cm³/mol. The van der Waals surface area contributed by atoms with Gasteiger partial charge in [0.15, 0.2) is 17.1 Å². The molecule has 0 fully saturated rings. The summed E-state index contributed by atoms with van der Waals surface area (Å²) in [6, 6.07) is 7.55. The molecule has 3 aromatic rings. The first-order valence-electron chi connectivity index (χ1n) is 10.2. The van der Waals surface area contributed by atoms with Crippen molar-refractivity contribution in [2.45, 2.75) is 39.0 Å². The van der Waals surface area contributed by atoms with Gasteiger partial charge >= 0.3 is 5.97 Å². The van der Waals surface area contributed by atoms with Crippen molar-refractivity contribution in [1.82, 2.24) is 14.8 Å². The number of rotatable bonds is 9. The Kier molecular flexibility index (Phi) is 8.55. The normalized spacial score (nSPS) is 11.8. The number of halogens is 1. The molecule has 2 heterocycles. The number of benzene rings is 1. The zero-order valence-corrected chi connectivity index (χ0v) is 22.2. The third-order valence-electron chi connectivity index (χ3n) is 4.81. The number of nitrogens with zero attached hydrogens (tertiary/aromatic N) is 3. The lowest BCUT2D eigenvalue weighted by molar-refractivity contribution is -0.113. The summed E-state index contributed by atoms with van der Waals surface area (Å²) >= 11 is 6.03. The van der Waals surface area contributed by atoms with Gasteiger partial charge in [0.1, 0.15) is 10.8 Å². The van der Waals surface area contributed by atoms with Crippen LogP contribution in [0.15, 0.2) is 33.9 Å². The van der Waals surface area contributed by atoms with Crippen molar-refractivity contribution in [3.63, 3.8) is 0 Å². The SMILES string of the molecule is CCOC(=O)c1c(NC(=O)CSc2nnc(C(C)Oc3ccc(Br)cc3)n2C)sc(C)c1C. The Labute approximate surface area is 209 Å². The first kappa shape index (κ1) is 25.3. The summed E-state index contributed by atoms with van der Waals surface area (Å²) in [5.41, 5.74) is 1.23. The Bertz CT molecular complexity index is 1140. The number of anilines is 1. The Morgan fingerprint density at radius 3 is 2.61 bits per heavy atom. The van der Waals surface area contributed by atoms with E-state index in [4.69, 9.17) is 9.47 Å². The van der Waals surface area contributed by atoms with Crippen molar-refractivity contribution in [2.24, 2.45) is 7.05 Å². The maximum atomic E-state index is 12.6. The second-order valence-corrected chi connectivity index (χ2v) is 10.2. The van der Waals surface area contributed by atoms with Gasteiger partial charge in [-0.25, -0.2) is 4.79 Å².